The van der Waals surface area contributed by atoms with Crippen molar-refractivity contribution in [1.29, 1.82) is 0 Å². The van der Waals surface area contributed by atoms with E-state index in [0.29, 0.717) is 36.5 Å². The average Bonchev–Trinajstić information content (AvgIpc) is 3.33. The SMILES string of the molecule is CCn1c(C)c(CCC(=O)NC[C@@H](C)c2ccccc2)c(=O)n2nc(-c3ccccc3OC)cc12. The van der Waals surface area contributed by atoms with E-state index in [9.17, 15) is 9.59 Å². The largest absolute Gasteiger partial charge is 0.496 e. The van der Waals surface area contributed by atoms with Crippen molar-refractivity contribution in [1.82, 2.24) is 19.5 Å². The third kappa shape index (κ3) is 4.99. The molecule has 0 saturated carbocycles. The lowest BCUT2D eigenvalue weighted by Crippen LogP contribution is -2.30. The van der Waals surface area contributed by atoms with Gasteiger partial charge in [0.05, 0.1) is 12.8 Å². The van der Waals surface area contributed by atoms with Crippen molar-refractivity contribution in [2.75, 3.05) is 13.7 Å². The summed E-state index contributed by atoms with van der Waals surface area (Å²) >= 11 is 0. The third-order valence-electron chi connectivity index (χ3n) is 6.53. The van der Waals surface area contributed by atoms with Gasteiger partial charge < -0.3 is 14.6 Å². The van der Waals surface area contributed by atoms with E-state index in [2.05, 4.69) is 34.0 Å². The summed E-state index contributed by atoms with van der Waals surface area (Å²) in [4.78, 5) is 26.0. The molecule has 1 N–H and O–H groups in total. The Bertz CT molecular complexity index is 1390. The maximum Gasteiger partial charge on any atom is 0.277 e. The van der Waals surface area contributed by atoms with E-state index < -0.39 is 0 Å². The number of ether oxygens (including phenoxy) is 1. The Labute approximate surface area is 205 Å². The molecule has 35 heavy (non-hydrogen) atoms. The van der Waals surface area contributed by atoms with Crippen molar-refractivity contribution in [3.8, 4) is 17.0 Å². The Balaban J connectivity index is 1.56. The predicted molar refractivity (Wildman–Crippen MR) is 138 cm³/mol. The highest BCUT2D eigenvalue weighted by atomic mass is 16.5. The Kier molecular flexibility index (Phi) is 7.34. The van der Waals surface area contributed by atoms with Crippen LogP contribution in [0.2, 0.25) is 0 Å². The van der Waals surface area contributed by atoms with Crippen LogP contribution in [0.15, 0.2) is 65.5 Å². The van der Waals surface area contributed by atoms with Crippen LogP contribution in [0.1, 0.15) is 43.0 Å². The molecular formula is C28H32N4O3. The number of carbonyl (C=O) groups excluding carboxylic acids is 1. The lowest BCUT2D eigenvalue weighted by molar-refractivity contribution is -0.121. The Morgan fingerprint density at radius 1 is 1.11 bits per heavy atom. The number of fused-ring (bicyclic) bond motifs is 1. The summed E-state index contributed by atoms with van der Waals surface area (Å²) in [6, 6.07) is 19.6. The minimum atomic E-state index is -0.186. The second kappa shape index (κ2) is 10.6. The van der Waals surface area contributed by atoms with Gasteiger partial charge in [0.15, 0.2) is 0 Å². The van der Waals surface area contributed by atoms with Crippen LogP contribution in [0.5, 0.6) is 5.75 Å². The topological polar surface area (TPSA) is 77.6 Å². The van der Waals surface area contributed by atoms with Gasteiger partial charge in [-0.3, -0.25) is 9.59 Å². The average molecular weight is 473 g/mol. The summed E-state index contributed by atoms with van der Waals surface area (Å²) in [6.07, 6.45) is 0.601. The summed E-state index contributed by atoms with van der Waals surface area (Å²) < 4.78 is 9.00. The predicted octanol–water partition coefficient (Wildman–Crippen LogP) is 4.35. The normalized spacial score (nSPS) is 12.0. The van der Waals surface area contributed by atoms with E-state index in [1.165, 1.54) is 10.1 Å². The summed E-state index contributed by atoms with van der Waals surface area (Å²) in [5.41, 5.74) is 4.69. The maximum absolute atomic E-state index is 13.4. The quantitative estimate of drug-likeness (QED) is 0.393. The Morgan fingerprint density at radius 2 is 1.83 bits per heavy atom. The van der Waals surface area contributed by atoms with Gasteiger partial charge in [0, 0.05) is 42.4 Å². The Morgan fingerprint density at radius 3 is 2.54 bits per heavy atom. The van der Waals surface area contributed by atoms with Gasteiger partial charge in [-0.25, -0.2) is 0 Å². The molecule has 0 bridgehead atoms. The van der Waals surface area contributed by atoms with E-state index in [4.69, 9.17) is 4.74 Å². The van der Waals surface area contributed by atoms with Gasteiger partial charge in [-0.2, -0.15) is 9.61 Å². The van der Waals surface area contributed by atoms with Crippen LogP contribution in [0.3, 0.4) is 0 Å². The standard InChI is InChI=1S/C28H32N4O3/c1-5-31-20(3)22(15-16-26(33)29-18-19(2)21-11-7-6-8-12-21)28(34)32-27(31)17-24(30-32)23-13-9-10-14-25(23)35-4/h6-14,17,19H,5,15-16,18H2,1-4H3,(H,29,33)/t19-/m1/s1. The molecule has 2 aromatic carbocycles. The number of carbonyl (C=O) groups is 1. The minimum Gasteiger partial charge on any atom is -0.496 e. The lowest BCUT2D eigenvalue weighted by Gasteiger charge is -2.15. The van der Waals surface area contributed by atoms with Crippen molar-refractivity contribution in [2.24, 2.45) is 0 Å². The molecule has 7 heteroatoms. The van der Waals surface area contributed by atoms with Crippen LogP contribution in [0.4, 0.5) is 0 Å². The first kappa shape index (κ1) is 24.3. The first-order valence-electron chi connectivity index (χ1n) is 12.0. The number of benzene rings is 2. The molecule has 4 rings (SSSR count). The van der Waals surface area contributed by atoms with Gasteiger partial charge >= 0.3 is 0 Å². The van der Waals surface area contributed by atoms with Crippen LogP contribution >= 0.6 is 0 Å². The molecule has 0 saturated heterocycles. The number of nitrogens with zero attached hydrogens (tertiary/aromatic N) is 3. The molecule has 0 aliphatic rings. The van der Waals surface area contributed by atoms with Crippen molar-refractivity contribution < 1.29 is 9.53 Å². The summed E-state index contributed by atoms with van der Waals surface area (Å²) in [7, 11) is 1.62. The molecular weight excluding hydrogens is 440 g/mol. The van der Waals surface area contributed by atoms with Gasteiger partial charge in [0.1, 0.15) is 11.4 Å². The van der Waals surface area contributed by atoms with Gasteiger partial charge in [0.25, 0.3) is 5.56 Å². The first-order valence-corrected chi connectivity index (χ1v) is 12.0. The molecule has 182 valence electrons. The molecule has 0 radical (unpaired) electrons. The molecule has 0 aliphatic heterocycles. The number of aryl methyl sites for hydroxylation is 1. The molecule has 0 spiro atoms. The van der Waals surface area contributed by atoms with E-state index >= 15 is 0 Å². The first-order chi connectivity index (χ1) is 16.9. The van der Waals surface area contributed by atoms with E-state index in [-0.39, 0.29) is 23.8 Å². The number of hydrogen-bond acceptors (Lipinski definition) is 4. The van der Waals surface area contributed by atoms with Crippen LogP contribution in [0.25, 0.3) is 16.9 Å². The van der Waals surface area contributed by atoms with Crippen molar-refractivity contribution in [3.63, 3.8) is 0 Å². The maximum atomic E-state index is 13.4. The highest BCUT2D eigenvalue weighted by Gasteiger charge is 2.19. The third-order valence-corrected chi connectivity index (χ3v) is 6.53. The number of hydrogen-bond donors (Lipinski definition) is 1. The van der Waals surface area contributed by atoms with Gasteiger partial charge in [0.2, 0.25) is 5.91 Å². The molecule has 4 aromatic rings. The molecule has 2 aromatic heterocycles. The van der Waals surface area contributed by atoms with Crippen LogP contribution in [-0.2, 0) is 17.8 Å². The van der Waals surface area contributed by atoms with Crippen molar-refractivity contribution in [2.45, 2.75) is 46.1 Å². The highest BCUT2D eigenvalue weighted by Crippen LogP contribution is 2.29. The van der Waals surface area contributed by atoms with Gasteiger partial charge in [-0.15, -0.1) is 0 Å². The van der Waals surface area contributed by atoms with Crippen molar-refractivity contribution >= 4 is 11.6 Å². The fraction of sp³-hybridized carbons (Fsp3) is 0.321. The van der Waals surface area contributed by atoms with Crippen LogP contribution < -0.4 is 15.6 Å². The number of nitrogens with one attached hydrogen (secondary N) is 1. The van der Waals surface area contributed by atoms with E-state index in [0.717, 1.165) is 16.9 Å². The molecule has 1 amide bonds. The molecule has 0 unspecified atom stereocenters. The lowest BCUT2D eigenvalue weighted by atomic mass is 10.0. The summed E-state index contributed by atoms with van der Waals surface area (Å²) in [5.74, 6) is 0.850. The Hall–Kier alpha value is -3.87. The summed E-state index contributed by atoms with van der Waals surface area (Å²) in [5, 5.41) is 7.63. The molecule has 1 atom stereocenters. The molecule has 0 aliphatic carbocycles. The number of aromatic nitrogens is 3. The zero-order chi connectivity index (χ0) is 24.9. The number of para-hydroxylation sites is 1. The molecule has 0 fully saturated rings. The van der Waals surface area contributed by atoms with Gasteiger partial charge in [-0.1, -0.05) is 49.4 Å². The van der Waals surface area contributed by atoms with Crippen molar-refractivity contribution in [3.05, 3.63) is 87.8 Å². The monoisotopic (exact) mass is 472 g/mol. The van der Waals surface area contributed by atoms with Crippen LogP contribution in [0, 0.1) is 6.92 Å². The zero-order valence-corrected chi connectivity index (χ0v) is 20.7. The second-order valence-corrected chi connectivity index (χ2v) is 8.73. The van der Waals surface area contributed by atoms with E-state index in [1.807, 2.05) is 62.4 Å². The number of rotatable bonds is 9. The van der Waals surface area contributed by atoms with Gasteiger partial charge in [-0.05, 0) is 43.9 Å². The van der Waals surface area contributed by atoms with Crippen LogP contribution in [-0.4, -0.2) is 33.7 Å². The van der Waals surface area contributed by atoms with E-state index in [1.54, 1.807) is 7.11 Å². The zero-order valence-electron chi connectivity index (χ0n) is 20.7. The second-order valence-electron chi connectivity index (χ2n) is 8.73. The minimum absolute atomic E-state index is 0.0649. The smallest absolute Gasteiger partial charge is 0.277 e. The number of amides is 1. The number of methoxy groups -OCH3 is 1. The fourth-order valence-corrected chi connectivity index (χ4v) is 4.50. The molecule has 2 heterocycles. The fourth-order valence-electron chi connectivity index (χ4n) is 4.50. The molecule has 7 nitrogen and oxygen atoms in total. The summed E-state index contributed by atoms with van der Waals surface area (Å²) in [6.45, 7) is 7.30. The highest BCUT2D eigenvalue weighted by molar-refractivity contribution is 5.76.